The van der Waals surface area contributed by atoms with Crippen molar-refractivity contribution in [1.82, 2.24) is 4.90 Å². The predicted molar refractivity (Wildman–Crippen MR) is 106 cm³/mol. The molecular weight excluding hydrogens is 473 g/mol. The number of thioether (sulfide) groups is 1. The van der Waals surface area contributed by atoms with Crippen LogP contribution in [0.5, 0.6) is 11.5 Å². The summed E-state index contributed by atoms with van der Waals surface area (Å²) >= 11 is 2.92. The van der Waals surface area contributed by atoms with E-state index >= 15 is 0 Å². The summed E-state index contributed by atoms with van der Waals surface area (Å²) in [5.41, 5.74) is 0.699. The standard InChI is InChI=1S/C17H18INO6S/c1-4-24-12-7-10(6-11(18)15(12)25-5-2)8-13-16(21)19(17(22)26-13)9-14(20)23-3/h6-8H,4-5,9H2,1-3H3. The summed E-state index contributed by atoms with van der Waals surface area (Å²) in [5, 5.41) is -0.502. The molecule has 0 aliphatic carbocycles. The molecule has 1 aromatic carbocycles. The molecule has 1 aliphatic rings. The number of carbonyl (C=O) groups excluding carboxylic acids is 3. The van der Waals surface area contributed by atoms with E-state index in [1.807, 2.05) is 19.9 Å². The van der Waals surface area contributed by atoms with Gasteiger partial charge in [-0.25, -0.2) is 0 Å². The zero-order chi connectivity index (χ0) is 19.3. The van der Waals surface area contributed by atoms with Crippen LogP contribution in [0.25, 0.3) is 6.08 Å². The van der Waals surface area contributed by atoms with Crippen LogP contribution >= 0.6 is 34.4 Å². The number of esters is 1. The van der Waals surface area contributed by atoms with E-state index in [4.69, 9.17) is 9.47 Å². The van der Waals surface area contributed by atoms with E-state index in [9.17, 15) is 14.4 Å². The number of amides is 2. The Hall–Kier alpha value is -1.75. The molecule has 140 valence electrons. The van der Waals surface area contributed by atoms with Gasteiger partial charge in [-0.2, -0.15) is 0 Å². The molecule has 9 heteroatoms. The Bertz CT molecular complexity index is 764. The Labute approximate surface area is 169 Å². The maximum Gasteiger partial charge on any atom is 0.325 e. The number of imide groups is 1. The topological polar surface area (TPSA) is 82.1 Å². The van der Waals surface area contributed by atoms with Crippen molar-refractivity contribution in [3.05, 3.63) is 26.2 Å². The highest BCUT2D eigenvalue weighted by Gasteiger charge is 2.36. The van der Waals surface area contributed by atoms with Crippen molar-refractivity contribution < 1.29 is 28.6 Å². The van der Waals surface area contributed by atoms with Gasteiger partial charge in [-0.05, 0) is 72.0 Å². The number of ether oxygens (including phenoxy) is 3. The quantitative estimate of drug-likeness (QED) is 0.329. The number of hydrogen-bond acceptors (Lipinski definition) is 7. The molecule has 0 unspecified atom stereocenters. The molecule has 2 rings (SSSR count). The van der Waals surface area contributed by atoms with E-state index < -0.39 is 23.7 Å². The second-order valence-corrected chi connectivity index (χ2v) is 7.20. The van der Waals surface area contributed by atoms with E-state index in [2.05, 4.69) is 27.3 Å². The highest BCUT2D eigenvalue weighted by molar-refractivity contribution is 14.1. The Kier molecular flexibility index (Phi) is 7.33. The monoisotopic (exact) mass is 491 g/mol. The molecule has 0 bridgehead atoms. The van der Waals surface area contributed by atoms with E-state index in [-0.39, 0.29) is 4.91 Å². The summed E-state index contributed by atoms with van der Waals surface area (Å²) in [7, 11) is 1.20. The first-order valence-corrected chi connectivity index (χ1v) is 9.72. The molecule has 0 aromatic heterocycles. The minimum atomic E-state index is -0.650. The fourth-order valence-electron chi connectivity index (χ4n) is 2.20. The van der Waals surface area contributed by atoms with Crippen LogP contribution in [0.3, 0.4) is 0 Å². The van der Waals surface area contributed by atoms with Crippen molar-refractivity contribution in [3.8, 4) is 11.5 Å². The third kappa shape index (κ3) is 4.70. The lowest BCUT2D eigenvalue weighted by molar-refractivity contribution is -0.143. The van der Waals surface area contributed by atoms with Gasteiger partial charge in [0.1, 0.15) is 6.54 Å². The average Bonchev–Trinajstić information content (AvgIpc) is 2.85. The van der Waals surface area contributed by atoms with Crippen molar-refractivity contribution in [2.45, 2.75) is 13.8 Å². The third-order valence-corrected chi connectivity index (χ3v) is 5.02. The lowest BCUT2D eigenvalue weighted by atomic mass is 10.2. The van der Waals surface area contributed by atoms with E-state index in [1.54, 1.807) is 12.1 Å². The molecule has 0 N–H and O–H groups in total. The van der Waals surface area contributed by atoms with Crippen LogP contribution in [-0.4, -0.2) is 48.9 Å². The summed E-state index contributed by atoms with van der Waals surface area (Å²) in [6.45, 7) is 4.32. The second kappa shape index (κ2) is 9.26. The third-order valence-electron chi connectivity index (χ3n) is 3.31. The van der Waals surface area contributed by atoms with Gasteiger partial charge in [-0.3, -0.25) is 19.3 Å². The number of hydrogen-bond donors (Lipinski definition) is 0. The first-order valence-electron chi connectivity index (χ1n) is 7.82. The minimum Gasteiger partial charge on any atom is -0.490 e. The highest BCUT2D eigenvalue weighted by atomic mass is 127. The summed E-state index contributed by atoms with van der Waals surface area (Å²) in [4.78, 5) is 36.8. The molecular formula is C17H18INO6S. The summed E-state index contributed by atoms with van der Waals surface area (Å²) in [6.07, 6.45) is 1.60. The smallest absolute Gasteiger partial charge is 0.325 e. The lowest BCUT2D eigenvalue weighted by Crippen LogP contribution is -2.34. The first kappa shape index (κ1) is 20.6. The van der Waals surface area contributed by atoms with Crippen molar-refractivity contribution in [1.29, 1.82) is 0 Å². The van der Waals surface area contributed by atoms with Gasteiger partial charge in [0, 0.05) is 0 Å². The zero-order valence-electron chi connectivity index (χ0n) is 14.5. The number of nitrogens with zero attached hydrogens (tertiary/aromatic N) is 1. The van der Waals surface area contributed by atoms with Gasteiger partial charge in [-0.15, -0.1) is 0 Å². The Morgan fingerprint density at radius 3 is 2.54 bits per heavy atom. The summed E-state index contributed by atoms with van der Waals surface area (Å²) in [6, 6.07) is 3.59. The molecule has 7 nitrogen and oxygen atoms in total. The maximum absolute atomic E-state index is 12.4. The molecule has 0 radical (unpaired) electrons. The van der Waals surface area contributed by atoms with Gasteiger partial charge in [0.2, 0.25) is 0 Å². The van der Waals surface area contributed by atoms with Crippen LogP contribution in [0, 0.1) is 3.57 Å². The van der Waals surface area contributed by atoms with Crippen LogP contribution in [0.2, 0.25) is 0 Å². The number of benzene rings is 1. The molecule has 26 heavy (non-hydrogen) atoms. The van der Waals surface area contributed by atoms with Crippen molar-refractivity contribution >= 4 is 57.5 Å². The van der Waals surface area contributed by atoms with Crippen molar-refractivity contribution in [2.24, 2.45) is 0 Å². The van der Waals surface area contributed by atoms with Crippen LogP contribution in [0.15, 0.2) is 17.0 Å². The highest BCUT2D eigenvalue weighted by Crippen LogP contribution is 2.37. The maximum atomic E-state index is 12.4. The Balaban J connectivity index is 2.33. The molecule has 0 saturated carbocycles. The number of carbonyl (C=O) groups is 3. The van der Waals surface area contributed by atoms with E-state index in [1.165, 1.54) is 7.11 Å². The second-order valence-electron chi connectivity index (χ2n) is 5.04. The van der Waals surface area contributed by atoms with E-state index in [0.717, 1.165) is 20.2 Å². The molecule has 2 amide bonds. The molecule has 1 fully saturated rings. The van der Waals surface area contributed by atoms with Gasteiger partial charge in [0.05, 0.1) is 28.8 Å². The summed E-state index contributed by atoms with van der Waals surface area (Å²) < 4.78 is 16.6. The molecule has 1 heterocycles. The fourth-order valence-corrected chi connectivity index (χ4v) is 3.82. The number of rotatable bonds is 7. The SMILES string of the molecule is CCOc1cc(C=C2SC(=O)N(CC(=O)OC)C2=O)cc(I)c1OCC. The van der Waals surface area contributed by atoms with Crippen molar-refractivity contribution in [2.75, 3.05) is 26.9 Å². The summed E-state index contributed by atoms with van der Waals surface area (Å²) in [5.74, 6) is 0.0437. The average molecular weight is 491 g/mol. The first-order chi connectivity index (χ1) is 12.4. The van der Waals surface area contributed by atoms with Crippen LogP contribution in [0.4, 0.5) is 4.79 Å². The largest absolute Gasteiger partial charge is 0.490 e. The van der Waals surface area contributed by atoms with Gasteiger partial charge in [0.15, 0.2) is 11.5 Å². The van der Waals surface area contributed by atoms with Crippen LogP contribution < -0.4 is 9.47 Å². The van der Waals surface area contributed by atoms with Gasteiger partial charge in [0.25, 0.3) is 11.1 Å². The number of methoxy groups -OCH3 is 1. The van der Waals surface area contributed by atoms with Crippen LogP contribution in [0.1, 0.15) is 19.4 Å². The fraction of sp³-hybridized carbons (Fsp3) is 0.353. The molecule has 1 saturated heterocycles. The van der Waals surface area contributed by atoms with Crippen LogP contribution in [-0.2, 0) is 14.3 Å². The molecule has 0 spiro atoms. The minimum absolute atomic E-state index is 0.237. The molecule has 0 atom stereocenters. The lowest BCUT2D eigenvalue weighted by Gasteiger charge is -2.13. The van der Waals surface area contributed by atoms with E-state index in [0.29, 0.717) is 30.3 Å². The molecule has 1 aromatic rings. The van der Waals surface area contributed by atoms with Gasteiger partial charge < -0.3 is 14.2 Å². The Morgan fingerprint density at radius 1 is 1.23 bits per heavy atom. The molecule has 1 aliphatic heterocycles. The number of halogens is 1. The van der Waals surface area contributed by atoms with Gasteiger partial charge in [-0.1, -0.05) is 0 Å². The van der Waals surface area contributed by atoms with Gasteiger partial charge >= 0.3 is 5.97 Å². The zero-order valence-corrected chi connectivity index (χ0v) is 17.5. The Morgan fingerprint density at radius 2 is 1.92 bits per heavy atom. The predicted octanol–water partition coefficient (Wildman–Crippen LogP) is 3.30. The normalized spacial score (nSPS) is 15.5. The van der Waals surface area contributed by atoms with Crippen molar-refractivity contribution in [3.63, 3.8) is 0 Å².